The van der Waals surface area contributed by atoms with Gasteiger partial charge in [0.05, 0.1) is 12.1 Å². The van der Waals surface area contributed by atoms with Gasteiger partial charge in [-0.25, -0.2) is 0 Å². The van der Waals surface area contributed by atoms with Gasteiger partial charge in [-0.05, 0) is 0 Å². The average molecular weight is 243 g/mol. The molecule has 6 heteroatoms. The maximum absolute atomic E-state index is 11.8. The zero-order valence-electron chi connectivity index (χ0n) is 7.06. The van der Waals surface area contributed by atoms with Crippen molar-refractivity contribution in [2.45, 2.75) is 6.61 Å². The Bertz CT molecular complexity index is 331. The van der Waals surface area contributed by atoms with E-state index in [1.54, 1.807) is 0 Å². The van der Waals surface area contributed by atoms with E-state index in [1.807, 2.05) is 0 Å². The molecule has 0 fully saturated rings. The summed E-state index contributed by atoms with van der Waals surface area (Å²) < 4.78 is 32.6. The maximum atomic E-state index is 11.8. The summed E-state index contributed by atoms with van der Waals surface area (Å²) in [6.45, 7) is -2.91. The number of alkyl halides is 2. The molecule has 0 N–H and O–H groups in total. The standard InChI is InChI=1S/C8H6Cl2F2O2/c1-13-6-3-4(14-8(11)12)2-5(9)7(6)10/h2-3,8H,1H3. The van der Waals surface area contributed by atoms with Gasteiger partial charge in [0.2, 0.25) is 0 Å². The number of halogens is 4. The molecule has 0 heterocycles. The molecular formula is C8H6Cl2F2O2. The monoisotopic (exact) mass is 242 g/mol. The second kappa shape index (κ2) is 4.66. The molecule has 78 valence electrons. The molecule has 0 unspecified atom stereocenters. The van der Waals surface area contributed by atoms with Gasteiger partial charge in [-0.15, -0.1) is 0 Å². The molecule has 14 heavy (non-hydrogen) atoms. The Morgan fingerprint density at radius 3 is 2.43 bits per heavy atom. The summed E-state index contributed by atoms with van der Waals surface area (Å²) in [5.41, 5.74) is 0. The second-order valence-electron chi connectivity index (χ2n) is 2.30. The zero-order chi connectivity index (χ0) is 10.7. The van der Waals surface area contributed by atoms with Crippen LogP contribution in [-0.2, 0) is 0 Å². The van der Waals surface area contributed by atoms with Crippen LogP contribution in [0.5, 0.6) is 11.5 Å². The Morgan fingerprint density at radius 2 is 1.93 bits per heavy atom. The van der Waals surface area contributed by atoms with Crippen molar-refractivity contribution in [1.82, 2.24) is 0 Å². The Hall–Kier alpha value is -0.740. The third kappa shape index (κ3) is 2.62. The molecule has 0 bridgehead atoms. The summed E-state index contributed by atoms with van der Waals surface area (Å²) in [6.07, 6.45) is 0. The lowest BCUT2D eigenvalue weighted by Gasteiger charge is -2.09. The van der Waals surface area contributed by atoms with Crippen molar-refractivity contribution in [1.29, 1.82) is 0 Å². The number of rotatable bonds is 3. The van der Waals surface area contributed by atoms with Gasteiger partial charge in [0.15, 0.2) is 0 Å². The summed E-state index contributed by atoms with van der Waals surface area (Å²) in [4.78, 5) is 0. The molecule has 0 saturated heterocycles. The molecule has 1 aromatic rings. The molecule has 1 aromatic carbocycles. The van der Waals surface area contributed by atoms with Crippen molar-refractivity contribution in [3.8, 4) is 11.5 Å². The highest BCUT2D eigenvalue weighted by atomic mass is 35.5. The fourth-order valence-electron chi connectivity index (χ4n) is 0.860. The van der Waals surface area contributed by atoms with Gasteiger partial charge in [-0.3, -0.25) is 0 Å². The van der Waals surface area contributed by atoms with E-state index in [2.05, 4.69) is 4.74 Å². The Morgan fingerprint density at radius 1 is 1.29 bits per heavy atom. The minimum Gasteiger partial charge on any atom is -0.495 e. The van der Waals surface area contributed by atoms with Crippen LogP contribution in [0.1, 0.15) is 0 Å². The van der Waals surface area contributed by atoms with Gasteiger partial charge in [-0.1, -0.05) is 23.2 Å². The van der Waals surface area contributed by atoms with E-state index in [-0.39, 0.29) is 21.5 Å². The molecule has 0 aromatic heterocycles. The smallest absolute Gasteiger partial charge is 0.387 e. The van der Waals surface area contributed by atoms with Crippen LogP contribution in [0.2, 0.25) is 10.0 Å². The van der Waals surface area contributed by atoms with Crippen molar-refractivity contribution in [3.63, 3.8) is 0 Å². The van der Waals surface area contributed by atoms with Crippen LogP contribution >= 0.6 is 23.2 Å². The van der Waals surface area contributed by atoms with Gasteiger partial charge in [0.25, 0.3) is 0 Å². The lowest BCUT2D eigenvalue weighted by atomic mass is 10.3. The molecule has 0 atom stereocenters. The van der Waals surface area contributed by atoms with Crippen LogP contribution in [0.25, 0.3) is 0 Å². The molecule has 0 aliphatic carbocycles. The highest BCUT2D eigenvalue weighted by Crippen LogP contribution is 2.36. The average Bonchev–Trinajstić information content (AvgIpc) is 2.10. The molecule has 0 spiro atoms. The number of hydrogen-bond acceptors (Lipinski definition) is 2. The number of methoxy groups -OCH3 is 1. The first-order chi connectivity index (χ1) is 6.54. The third-order valence-corrected chi connectivity index (χ3v) is 2.20. The van der Waals surface area contributed by atoms with Crippen LogP contribution in [0.15, 0.2) is 12.1 Å². The minimum absolute atomic E-state index is 0.0914. The number of hydrogen-bond donors (Lipinski definition) is 0. The maximum Gasteiger partial charge on any atom is 0.387 e. The number of benzene rings is 1. The van der Waals surface area contributed by atoms with Crippen molar-refractivity contribution in [3.05, 3.63) is 22.2 Å². The molecule has 2 nitrogen and oxygen atoms in total. The predicted molar refractivity (Wildman–Crippen MR) is 49.6 cm³/mol. The normalized spacial score (nSPS) is 10.4. The van der Waals surface area contributed by atoms with Crippen LogP contribution in [-0.4, -0.2) is 13.7 Å². The Labute approximate surface area is 89.3 Å². The van der Waals surface area contributed by atoms with Gasteiger partial charge >= 0.3 is 6.61 Å². The molecule has 0 radical (unpaired) electrons. The molecule has 0 amide bonds. The fourth-order valence-corrected chi connectivity index (χ4v) is 1.25. The summed E-state index contributed by atoms with van der Waals surface area (Å²) in [7, 11) is 1.35. The van der Waals surface area contributed by atoms with Crippen LogP contribution in [0.3, 0.4) is 0 Å². The van der Waals surface area contributed by atoms with E-state index in [0.29, 0.717) is 0 Å². The molecule has 0 aliphatic heterocycles. The lowest BCUT2D eigenvalue weighted by molar-refractivity contribution is -0.0499. The van der Waals surface area contributed by atoms with Gasteiger partial charge in [0, 0.05) is 12.1 Å². The Kier molecular flexibility index (Phi) is 3.77. The zero-order valence-corrected chi connectivity index (χ0v) is 8.57. The first-order valence-electron chi connectivity index (χ1n) is 3.52. The number of ether oxygens (including phenoxy) is 2. The van der Waals surface area contributed by atoms with Crippen molar-refractivity contribution < 1.29 is 18.3 Å². The predicted octanol–water partition coefficient (Wildman–Crippen LogP) is 3.60. The summed E-state index contributed by atoms with van der Waals surface area (Å²) in [6, 6.07) is 2.43. The fraction of sp³-hybridized carbons (Fsp3) is 0.250. The SMILES string of the molecule is COc1cc(OC(F)F)cc(Cl)c1Cl. The summed E-state index contributed by atoms with van der Waals surface area (Å²) >= 11 is 11.3. The minimum atomic E-state index is -2.91. The van der Waals surface area contributed by atoms with E-state index in [9.17, 15) is 8.78 Å². The highest BCUT2D eigenvalue weighted by Gasteiger charge is 2.11. The van der Waals surface area contributed by atoms with Gasteiger partial charge in [0.1, 0.15) is 16.5 Å². The van der Waals surface area contributed by atoms with Crippen molar-refractivity contribution >= 4 is 23.2 Å². The summed E-state index contributed by atoms with van der Waals surface area (Å²) in [5.74, 6) is 0.0982. The van der Waals surface area contributed by atoms with E-state index in [4.69, 9.17) is 27.9 Å². The topological polar surface area (TPSA) is 18.5 Å². The Balaban J connectivity index is 3.03. The second-order valence-corrected chi connectivity index (χ2v) is 3.09. The van der Waals surface area contributed by atoms with Crippen LogP contribution in [0.4, 0.5) is 8.78 Å². The van der Waals surface area contributed by atoms with E-state index >= 15 is 0 Å². The van der Waals surface area contributed by atoms with Gasteiger partial charge in [-0.2, -0.15) is 8.78 Å². The van der Waals surface area contributed by atoms with E-state index < -0.39 is 6.61 Å². The van der Waals surface area contributed by atoms with Crippen molar-refractivity contribution in [2.24, 2.45) is 0 Å². The molecule has 0 saturated carbocycles. The quantitative estimate of drug-likeness (QED) is 0.807. The van der Waals surface area contributed by atoms with Crippen LogP contribution in [0, 0.1) is 0 Å². The molecular weight excluding hydrogens is 237 g/mol. The molecule has 0 aliphatic rings. The van der Waals surface area contributed by atoms with E-state index in [1.165, 1.54) is 19.2 Å². The highest BCUT2D eigenvalue weighted by molar-refractivity contribution is 6.43. The molecule has 1 rings (SSSR count). The first kappa shape index (κ1) is 11.3. The largest absolute Gasteiger partial charge is 0.495 e. The lowest BCUT2D eigenvalue weighted by Crippen LogP contribution is -2.02. The summed E-state index contributed by atoms with van der Waals surface area (Å²) in [5, 5.41) is 0.262. The third-order valence-electron chi connectivity index (χ3n) is 1.41. The van der Waals surface area contributed by atoms with Crippen LogP contribution < -0.4 is 9.47 Å². The first-order valence-corrected chi connectivity index (χ1v) is 4.28. The van der Waals surface area contributed by atoms with Crippen molar-refractivity contribution in [2.75, 3.05) is 7.11 Å². The van der Waals surface area contributed by atoms with Gasteiger partial charge < -0.3 is 9.47 Å². The van der Waals surface area contributed by atoms with E-state index in [0.717, 1.165) is 0 Å².